The van der Waals surface area contributed by atoms with E-state index in [0.29, 0.717) is 23.8 Å². The van der Waals surface area contributed by atoms with Crippen molar-refractivity contribution >= 4 is 22.7 Å². The lowest BCUT2D eigenvalue weighted by Crippen LogP contribution is -2.19. The molecule has 1 aliphatic carbocycles. The third kappa shape index (κ3) is 6.02. The fraction of sp³-hybridized carbons (Fsp3) is 0.250. The minimum Gasteiger partial charge on any atom is -0.508 e. The average molecular weight is 443 g/mol. The van der Waals surface area contributed by atoms with Crippen LogP contribution in [-0.4, -0.2) is 43.2 Å². The summed E-state index contributed by atoms with van der Waals surface area (Å²) in [6.45, 7) is 1.44. The number of phenolic OH excluding ortho intramolecular Hbond substituents is 1. The predicted octanol–water partition coefficient (Wildman–Crippen LogP) is 5.29. The molecular weight excluding hydrogens is 412 g/mol. The number of hydrogen-bond donors (Lipinski definition) is 2. The number of benzene rings is 3. The number of aromatic hydroxyl groups is 1. The molecule has 0 bridgehead atoms. The van der Waals surface area contributed by atoms with Crippen LogP contribution in [-0.2, 0) is 4.79 Å². The molecule has 170 valence electrons. The normalized spacial score (nSPS) is 14.0. The molecule has 0 heterocycles. The molecule has 1 amide bonds. The van der Waals surface area contributed by atoms with E-state index in [0.717, 1.165) is 41.8 Å². The molecule has 1 saturated carbocycles. The van der Waals surface area contributed by atoms with Gasteiger partial charge in [0.05, 0.1) is 5.57 Å². The highest BCUT2D eigenvalue weighted by molar-refractivity contribution is 6.31. The van der Waals surface area contributed by atoms with Crippen LogP contribution in [0.2, 0.25) is 0 Å². The molecule has 2 N–H and O–H groups in total. The van der Waals surface area contributed by atoms with Gasteiger partial charge in [-0.05, 0) is 86.0 Å². The van der Waals surface area contributed by atoms with Crippen molar-refractivity contribution in [2.24, 2.45) is 5.92 Å². The Morgan fingerprint density at radius 1 is 0.939 bits per heavy atom. The highest BCUT2D eigenvalue weighted by atomic mass is 16.5. The summed E-state index contributed by atoms with van der Waals surface area (Å²) in [5.74, 6) is 1.14. The Balaban J connectivity index is 1.62. The number of carbonyl (C=O) groups is 1. The lowest BCUT2D eigenvalue weighted by atomic mass is 9.90. The third-order valence-corrected chi connectivity index (χ3v) is 5.64. The van der Waals surface area contributed by atoms with E-state index in [1.807, 2.05) is 56.6 Å². The predicted molar refractivity (Wildman–Crippen MR) is 133 cm³/mol. The number of rotatable bonds is 9. The molecule has 0 aliphatic heterocycles. The van der Waals surface area contributed by atoms with E-state index in [9.17, 15) is 9.90 Å². The van der Waals surface area contributed by atoms with Crippen molar-refractivity contribution in [2.75, 3.05) is 32.6 Å². The van der Waals surface area contributed by atoms with Gasteiger partial charge in [-0.15, -0.1) is 0 Å². The number of nitrogens with one attached hydrogen (secondary N) is 1. The van der Waals surface area contributed by atoms with Gasteiger partial charge in [0.2, 0.25) is 0 Å². The van der Waals surface area contributed by atoms with Crippen LogP contribution in [0.3, 0.4) is 0 Å². The summed E-state index contributed by atoms with van der Waals surface area (Å²) in [7, 11) is 4.01. The minimum atomic E-state index is -0.160. The molecule has 0 saturated heterocycles. The summed E-state index contributed by atoms with van der Waals surface area (Å²) < 4.78 is 5.75. The van der Waals surface area contributed by atoms with E-state index in [4.69, 9.17) is 4.74 Å². The number of nitrogens with zero attached hydrogens (tertiary/aromatic N) is 1. The zero-order valence-electron chi connectivity index (χ0n) is 19.1. The summed E-state index contributed by atoms with van der Waals surface area (Å²) in [5.41, 5.74) is 4.26. The van der Waals surface area contributed by atoms with Gasteiger partial charge >= 0.3 is 0 Å². The Labute approximate surface area is 195 Å². The van der Waals surface area contributed by atoms with E-state index in [1.54, 1.807) is 24.3 Å². The number of hydrogen-bond acceptors (Lipinski definition) is 4. The first kappa shape index (κ1) is 22.6. The standard InChI is InChI=1S/C28H30N2O3/c1-30(2)18-19-33-25-16-12-23(13-17-25)29-28(32)27(22-10-14-24(31)15-11-22)26(21-8-9-21)20-6-4-3-5-7-20/h3-7,10-17,21,31H,8-9,18-19H2,1-2H3,(H,29,32)/b27-26-. The first-order chi connectivity index (χ1) is 16.0. The van der Waals surface area contributed by atoms with Gasteiger partial charge in [0.1, 0.15) is 18.1 Å². The summed E-state index contributed by atoms with van der Waals surface area (Å²) >= 11 is 0. The van der Waals surface area contributed by atoms with Crippen molar-refractivity contribution in [3.8, 4) is 11.5 Å². The fourth-order valence-electron chi connectivity index (χ4n) is 3.79. The molecule has 0 radical (unpaired) electrons. The van der Waals surface area contributed by atoms with E-state index in [-0.39, 0.29) is 11.7 Å². The molecule has 3 aromatic rings. The lowest BCUT2D eigenvalue weighted by molar-refractivity contribution is -0.111. The first-order valence-electron chi connectivity index (χ1n) is 11.3. The molecule has 33 heavy (non-hydrogen) atoms. The van der Waals surface area contributed by atoms with Crippen molar-refractivity contribution in [1.82, 2.24) is 4.90 Å². The summed E-state index contributed by atoms with van der Waals surface area (Å²) in [5, 5.41) is 12.8. The fourth-order valence-corrected chi connectivity index (χ4v) is 3.79. The van der Waals surface area contributed by atoms with Gasteiger partial charge in [-0.1, -0.05) is 42.5 Å². The number of allylic oxidation sites excluding steroid dienone is 1. The third-order valence-electron chi connectivity index (χ3n) is 5.64. The smallest absolute Gasteiger partial charge is 0.256 e. The number of likely N-dealkylation sites (N-methyl/N-ethyl adjacent to an activating group) is 1. The van der Waals surface area contributed by atoms with E-state index in [1.165, 1.54) is 0 Å². The zero-order valence-corrected chi connectivity index (χ0v) is 19.1. The van der Waals surface area contributed by atoms with Crippen LogP contribution >= 0.6 is 0 Å². The molecule has 0 atom stereocenters. The van der Waals surface area contributed by atoms with Crippen LogP contribution in [0, 0.1) is 5.92 Å². The minimum absolute atomic E-state index is 0.160. The average Bonchev–Trinajstić information content (AvgIpc) is 3.65. The molecule has 4 rings (SSSR count). The maximum atomic E-state index is 13.6. The Morgan fingerprint density at radius 2 is 1.61 bits per heavy atom. The summed E-state index contributed by atoms with van der Waals surface area (Å²) in [6.07, 6.45) is 2.14. The Bertz CT molecular complexity index is 1100. The van der Waals surface area contributed by atoms with Crippen molar-refractivity contribution in [3.05, 3.63) is 90.0 Å². The molecule has 0 unspecified atom stereocenters. The van der Waals surface area contributed by atoms with Crippen LogP contribution < -0.4 is 10.1 Å². The number of phenols is 1. The lowest BCUT2D eigenvalue weighted by Gasteiger charge is -2.17. The van der Waals surface area contributed by atoms with Crippen molar-refractivity contribution in [2.45, 2.75) is 12.8 Å². The second-order valence-electron chi connectivity index (χ2n) is 8.61. The van der Waals surface area contributed by atoms with Crippen molar-refractivity contribution < 1.29 is 14.6 Å². The van der Waals surface area contributed by atoms with E-state index >= 15 is 0 Å². The van der Waals surface area contributed by atoms with Crippen LogP contribution in [0.5, 0.6) is 11.5 Å². The highest BCUT2D eigenvalue weighted by Crippen LogP contribution is 2.46. The van der Waals surface area contributed by atoms with Gasteiger partial charge in [-0.3, -0.25) is 4.79 Å². The van der Waals surface area contributed by atoms with Crippen LogP contribution in [0.1, 0.15) is 24.0 Å². The molecule has 5 nitrogen and oxygen atoms in total. The second kappa shape index (κ2) is 10.4. The van der Waals surface area contributed by atoms with Gasteiger partial charge in [-0.25, -0.2) is 0 Å². The van der Waals surface area contributed by atoms with Crippen LogP contribution in [0.4, 0.5) is 5.69 Å². The van der Waals surface area contributed by atoms with Gasteiger partial charge in [0.15, 0.2) is 0 Å². The largest absolute Gasteiger partial charge is 0.508 e. The molecule has 3 aromatic carbocycles. The van der Waals surface area contributed by atoms with Crippen LogP contribution in [0.25, 0.3) is 11.1 Å². The number of ether oxygens (including phenoxy) is 1. The molecular formula is C28H30N2O3. The summed E-state index contributed by atoms with van der Waals surface area (Å²) in [4.78, 5) is 15.7. The molecule has 1 fully saturated rings. The van der Waals surface area contributed by atoms with E-state index in [2.05, 4.69) is 22.3 Å². The number of anilines is 1. The van der Waals surface area contributed by atoms with Gasteiger partial charge in [-0.2, -0.15) is 0 Å². The second-order valence-corrected chi connectivity index (χ2v) is 8.61. The zero-order chi connectivity index (χ0) is 23.2. The maximum Gasteiger partial charge on any atom is 0.256 e. The molecule has 0 aromatic heterocycles. The van der Waals surface area contributed by atoms with E-state index < -0.39 is 0 Å². The van der Waals surface area contributed by atoms with Gasteiger partial charge < -0.3 is 20.1 Å². The van der Waals surface area contributed by atoms with Gasteiger partial charge in [0.25, 0.3) is 5.91 Å². The maximum absolute atomic E-state index is 13.6. The first-order valence-corrected chi connectivity index (χ1v) is 11.3. The number of amides is 1. The Kier molecular flexibility index (Phi) is 7.10. The Hall–Kier alpha value is -3.57. The van der Waals surface area contributed by atoms with Crippen LogP contribution in [0.15, 0.2) is 78.9 Å². The topological polar surface area (TPSA) is 61.8 Å². The SMILES string of the molecule is CN(C)CCOc1ccc(NC(=O)/C(=C(/c2ccccc2)C2CC2)c2ccc(O)cc2)cc1. The monoisotopic (exact) mass is 442 g/mol. The number of carbonyl (C=O) groups excluding carboxylic acids is 1. The molecule has 1 aliphatic rings. The summed E-state index contributed by atoms with van der Waals surface area (Å²) in [6, 6.07) is 24.4. The van der Waals surface area contributed by atoms with Crippen molar-refractivity contribution in [3.63, 3.8) is 0 Å². The molecule has 0 spiro atoms. The van der Waals surface area contributed by atoms with Gasteiger partial charge in [0, 0.05) is 12.2 Å². The Morgan fingerprint density at radius 3 is 2.21 bits per heavy atom. The van der Waals surface area contributed by atoms with Crippen molar-refractivity contribution in [1.29, 1.82) is 0 Å². The molecule has 5 heteroatoms. The highest BCUT2D eigenvalue weighted by Gasteiger charge is 2.32. The quantitative estimate of drug-likeness (QED) is 0.349.